The van der Waals surface area contributed by atoms with Gasteiger partial charge in [-0.1, -0.05) is 6.92 Å². The van der Waals surface area contributed by atoms with Crippen molar-refractivity contribution in [2.75, 3.05) is 33.7 Å². The number of allylic oxidation sites excluding steroid dienone is 2. The summed E-state index contributed by atoms with van der Waals surface area (Å²) >= 11 is 6.76. The second-order valence-electron chi connectivity index (χ2n) is 10.7. The average Bonchev–Trinajstić information content (AvgIpc) is 2.97. The quantitative estimate of drug-likeness (QED) is 0.450. The van der Waals surface area contributed by atoms with Crippen LogP contribution in [-0.4, -0.2) is 78.7 Å². The number of carbonyl (C=O) groups excluding carboxylic acids is 1. The SMILES string of the molecule is COCOC1=C2[C@@H](C)C(COCCN2C2C[C@H]3CC[C@@H](C2)N3C(=O)OC(C)(C)C)[C@H](Cl)C1. The largest absolute Gasteiger partial charge is 0.470 e. The van der Waals surface area contributed by atoms with E-state index in [2.05, 4.69) is 11.8 Å². The Balaban J connectivity index is 1.57. The Bertz CT molecular complexity index is 710. The van der Waals surface area contributed by atoms with Gasteiger partial charge in [-0.15, -0.1) is 11.6 Å². The minimum absolute atomic E-state index is 0.00856. The average molecular weight is 471 g/mol. The Morgan fingerprint density at radius 1 is 1.19 bits per heavy atom. The smallest absolute Gasteiger partial charge is 0.410 e. The lowest BCUT2D eigenvalue weighted by atomic mass is 9.79. The van der Waals surface area contributed by atoms with Crippen LogP contribution in [0, 0.1) is 11.8 Å². The summed E-state index contributed by atoms with van der Waals surface area (Å²) in [4.78, 5) is 17.4. The van der Waals surface area contributed by atoms with Crippen LogP contribution in [0.15, 0.2) is 11.5 Å². The number of carbonyl (C=O) groups is 1. The van der Waals surface area contributed by atoms with Crippen molar-refractivity contribution in [3.63, 3.8) is 0 Å². The fraction of sp³-hybridized carbons (Fsp3) is 0.875. The highest BCUT2D eigenvalue weighted by Gasteiger charge is 2.48. The first-order valence-corrected chi connectivity index (χ1v) is 12.5. The third-order valence-corrected chi connectivity index (χ3v) is 7.88. The number of alkyl halides is 1. The molecule has 0 spiro atoms. The van der Waals surface area contributed by atoms with Crippen molar-refractivity contribution in [1.29, 1.82) is 0 Å². The lowest BCUT2D eigenvalue weighted by Crippen LogP contribution is -2.55. The van der Waals surface area contributed by atoms with Crippen molar-refractivity contribution < 1.29 is 23.7 Å². The van der Waals surface area contributed by atoms with Crippen molar-refractivity contribution >= 4 is 17.7 Å². The van der Waals surface area contributed by atoms with E-state index in [1.165, 1.54) is 5.70 Å². The maximum absolute atomic E-state index is 12.9. The Kier molecular flexibility index (Phi) is 7.18. The van der Waals surface area contributed by atoms with E-state index >= 15 is 0 Å². The Morgan fingerprint density at radius 3 is 2.50 bits per heavy atom. The molecular weight excluding hydrogens is 432 g/mol. The highest BCUT2D eigenvalue weighted by Crippen LogP contribution is 2.45. The molecular formula is C24H39ClN2O5. The summed E-state index contributed by atoms with van der Waals surface area (Å²) in [5.74, 6) is 1.47. The molecule has 3 fully saturated rings. The lowest BCUT2D eigenvalue weighted by molar-refractivity contribution is -0.0327. The van der Waals surface area contributed by atoms with Gasteiger partial charge in [0.1, 0.15) is 11.4 Å². The highest BCUT2D eigenvalue weighted by atomic mass is 35.5. The number of nitrogens with zero attached hydrogens (tertiary/aromatic N) is 2. The van der Waals surface area contributed by atoms with E-state index in [1.807, 2.05) is 25.7 Å². The predicted octanol–water partition coefficient (Wildman–Crippen LogP) is 4.34. The lowest BCUT2D eigenvalue weighted by Gasteiger charge is -2.49. The van der Waals surface area contributed by atoms with Crippen molar-refractivity contribution in [3.05, 3.63) is 11.5 Å². The number of hydrogen-bond acceptors (Lipinski definition) is 6. The van der Waals surface area contributed by atoms with Crippen LogP contribution in [-0.2, 0) is 18.9 Å². The van der Waals surface area contributed by atoms with Gasteiger partial charge in [-0.25, -0.2) is 4.79 Å². The third-order valence-electron chi connectivity index (χ3n) is 7.40. The summed E-state index contributed by atoms with van der Waals surface area (Å²) in [6.07, 6.45) is 4.49. The first-order chi connectivity index (χ1) is 15.2. The maximum Gasteiger partial charge on any atom is 0.410 e. The minimum Gasteiger partial charge on any atom is -0.470 e. The van der Waals surface area contributed by atoms with Crippen molar-refractivity contribution in [3.8, 4) is 0 Å². The normalized spacial score (nSPS) is 35.4. The zero-order valence-corrected chi connectivity index (χ0v) is 20.9. The number of ether oxygens (including phenoxy) is 4. The Morgan fingerprint density at radius 2 is 1.88 bits per heavy atom. The topological polar surface area (TPSA) is 60.5 Å². The van der Waals surface area contributed by atoms with Crippen molar-refractivity contribution in [2.45, 2.75) is 88.9 Å². The number of fused-ring (bicyclic) bond motifs is 4. The van der Waals surface area contributed by atoms with E-state index in [9.17, 15) is 4.79 Å². The standard InChI is InChI=1S/C24H39ClN2O5/c1-15-19-13-30-9-8-26(22(15)21(12-20(19)25)31-14-29-5)18-10-16-6-7-17(11-18)27(16)23(28)32-24(2,3)4/h15-20H,6-14H2,1-5H3/t15-,16-,17+,18?,19?,20+/m0/s1. The molecule has 32 heavy (non-hydrogen) atoms. The molecule has 3 aliphatic heterocycles. The fourth-order valence-corrected chi connectivity index (χ4v) is 6.47. The number of rotatable bonds is 4. The summed E-state index contributed by atoms with van der Waals surface area (Å²) in [6, 6.07) is 0.790. The Hall–Kier alpha value is -1.18. The van der Waals surface area contributed by atoms with Gasteiger partial charge in [0.25, 0.3) is 0 Å². The summed E-state index contributed by atoms with van der Waals surface area (Å²) in [5.41, 5.74) is 0.791. The van der Waals surface area contributed by atoms with Gasteiger partial charge in [0, 0.05) is 55.4 Å². The van der Waals surface area contributed by atoms with Crippen molar-refractivity contribution in [2.24, 2.45) is 11.8 Å². The molecule has 0 aromatic heterocycles. The number of methoxy groups -OCH3 is 1. The molecule has 4 aliphatic rings. The van der Waals surface area contributed by atoms with Crippen LogP contribution in [0.5, 0.6) is 0 Å². The van der Waals surface area contributed by atoms with Crippen molar-refractivity contribution in [1.82, 2.24) is 9.80 Å². The molecule has 0 radical (unpaired) electrons. The fourth-order valence-electron chi connectivity index (χ4n) is 6.03. The van der Waals surface area contributed by atoms with Crippen LogP contribution in [0.25, 0.3) is 0 Å². The van der Waals surface area contributed by atoms with Crippen LogP contribution in [0.2, 0.25) is 0 Å². The van der Waals surface area contributed by atoms with Gasteiger partial charge in [-0.3, -0.25) is 0 Å². The molecule has 3 heterocycles. The predicted molar refractivity (Wildman–Crippen MR) is 122 cm³/mol. The second-order valence-corrected chi connectivity index (χ2v) is 11.3. The molecule has 6 atom stereocenters. The van der Waals surface area contributed by atoms with Gasteiger partial charge in [0.2, 0.25) is 0 Å². The van der Waals surface area contributed by atoms with Gasteiger partial charge >= 0.3 is 6.09 Å². The number of halogens is 1. The first-order valence-electron chi connectivity index (χ1n) is 12.0. The molecule has 7 nitrogen and oxygen atoms in total. The Labute approximate surface area is 197 Å². The number of amides is 1. The molecule has 3 saturated heterocycles. The molecule has 4 bridgehead atoms. The molecule has 0 N–H and O–H groups in total. The second kappa shape index (κ2) is 9.59. The summed E-state index contributed by atoms with van der Waals surface area (Å²) in [6.45, 7) is 10.5. The summed E-state index contributed by atoms with van der Waals surface area (Å²) < 4.78 is 23.0. The summed E-state index contributed by atoms with van der Waals surface area (Å²) in [7, 11) is 1.65. The first kappa shape index (κ1) is 24.0. The van der Waals surface area contributed by atoms with Crippen LogP contribution >= 0.6 is 11.6 Å². The third kappa shape index (κ3) is 4.85. The zero-order valence-electron chi connectivity index (χ0n) is 20.1. The number of piperidine rings is 1. The summed E-state index contributed by atoms with van der Waals surface area (Å²) in [5, 5.41) is -0.00856. The number of hydrogen-bond donors (Lipinski definition) is 0. The highest BCUT2D eigenvalue weighted by molar-refractivity contribution is 6.21. The molecule has 8 heteroatoms. The maximum atomic E-state index is 12.9. The van der Waals surface area contributed by atoms with Crippen LogP contribution in [0.4, 0.5) is 4.79 Å². The molecule has 0 saturated carbocycles. The van der Waals surface area contributed by atoms with E-state index in [4.69, 9.17) is 30.5 Å². The van der Waals surface area contributed by atoms with E-state index < -0.39 is 5.60 Å². The molecule has 182 valence electrons. The van der Waals surface area contributed by atoms with Gasteiger partial charge in [-0.05, 0) is 46.5 Å². The molecule has 4 rings (SSSR count). The molecule has 0 aromatic rings. The van der Waals surface area contributed by atoms with Gasteiger partial charge in [0.15, 0.2) is 6.79 Å². The molecule has 1 amide bonds. The van der Waals surface area contributed by atoms with Gasteiger partial charge < -0.3 is 28.7 Å². The van der Waals surface area contributed by atoms with Crippen LogP contribution in [0.3, 0.4) is 0 Å². The van der Waals surface area contributed by atoms with Gasteiger partial charge in [-0.2, -0.15) is 0 Å². The van der Waals surface area contributed by atoms with E-state index in [0.29, 0.717) is 25.7 Å². The zero-order chi connectivity index (χ0) is 23.0. The van der Waals surface area contributed by atoms with Gasteiger partial charge in [0.05, 0.1) is 18.9 Å². The molecule has 0 aromatic carbocycles. The van der Waals surface area contributed by atoms with E-state index in [-0.39, 0.29) is 42.2 Å². The molecule has 1 aliphatic carbocycles. The van der Waals surface area contributed by atoms with E-state index in [1.54, 1.807) is 7.11 Å². The van der Waals surface area contributed by atoms with Crippen LogP contribution in [0.1, 0.15) is 59.8 Å². The van der Waals surface area contributed by atoms with Crippen LogP contribution < -0.4 is 0 Å². The monoisotopic (exact) mass is 470 g/mol. The van der Waals surface area contributed by atoms with E-state index in [0.717, 1.165) is 38.0 Å². The minimum atomic E-state index is -0.475. The molecule has 2 unspecified atom stereocenters.